The van der Waals surface area contributed by atoms with Crippen LogP contribution in [-0.2, 0) is 13.7 Å². The first kappa shape index (κ1) is 13.2. The molecule has 0 saturated heterocycles. The second kappa shape index (κ2) is 5.29. The molecule has 0 aliphatic carbocycles. The molecule has 3 aromatic rings. The minimum atomic E-state index is 0.492. The van der Waals surface area contributed by atoms with Crippen molar-refractivity contribution in [3.63, 3.8) is 0 Å². The predicted octanol–water partition coefficient (Wildman–Crippen LogP) is 4.22. The molecule has 0 atom stereocenters. The Balaban J connectivity index is 1.91. The highest BCUT2D eigenvalue weighted by molar-refractivity contribution is 9.10. The van der Waals surface area contributed by atoms with E-state index in [1.54, 1.807) is 0 Å². The Morgan fingerprint density at radius 3 is 2.65 bits per heavy atom. The first-order valence-corrected chi connectivity index (χ1v) is 7.24. The van der Waals surface area contributed by atoms with Crippen LogP contribution < -0.4 is 4.74 Å². The van der Waals surface area contributed by atoms with E-state index in [1.165, 1.54) is 5.39 Å². The molecule has 4 heteroatoms. The molecule has 0 N–H and O–H groups in total. The summed E-state index contributed by atoms with van der Waals surface area (Å²) >= 11 is 3.56. The summed E-state index contributed by atoms with van der Waals surface area (Å²) in [4.78, 5) is 0. The molecule has 0 aliphatic rings. The third-order valence-corrected chi connectivity index (χ3v) is 4.41. The van der Waals surface area contributed by atoms with Crippen molar-refractivity contribution in [2.75, 3.05) is 0 Å². The van der Waals surface area contributed by atoms with E-state index in [1.807, 2.05) is 42.9 Å². The van der Waals surface area contributed by atoms with Crippen LogP contribution in [0.5, 0.6) is 5.75 Å². The molecular formula is C16H15BrN2O. The smallest absolute Gasteiger partial charge is 0.131 e. The van der Waals surface area contributed by atoms with Gasteiger partial charge in [0.05, 0.1) is 15.9 Å². The van der Waals surface area contributed by atoms with Crippen molar-refractivity contribution in [3.05, 3.63) is 58.3 Å². The molecule has 0 spiro atoms. The summed E-state index contributed by atoms with van der Waals surface area (Å²) in [5.41, 5.74) is 2.01. The van der Waals surface area contributed by atoms with Gasteiger partial charge in [-0.15, -0.1) is 0 Å². The Hall–Kier alpha value is -1.81. The average Bonchev–Trinajstić information content (AvgIpc) is 2.70. The maximum absolute atomic E-state index is 5.99. The summed E-state index contributed by atoms with van der Waals surface area (Å²) in [7, 11) is 1.93. The van der Waals surface area contributed by atoms with E-state index in [2.05, 4.69) is 39.2 Å². The van der Waals surface area contributed by atoms with Crippen LogP contribution in [0.2, 0.25) is 0 Å². The van der Waals surface area contributed by atoms with Crippen LogP contribution in [-0.4, -0.2) is 9.78 Å². The third kappa shape index (κ3) is 2.31. The van der Waals surface area contributed by atoms with Gasteiger partial charge < -0.3 is 4.74 Å². The number of halogens is 1. The Labute approximate surface area is 126 Å². The number of rotatable bonds is 3. The van der Waals surface area contributed by atoms with Gasteiger partial charge >= 0.3 is 0 Å². The van der Waals surface area contributed by atoms with Crippen molar-refractivity contribution in [2.45, 2.75) is 13.5 Å². The normalized spacial score (nSPS) is 10.9. The Kier molecular flexibility index (Phi) is 3.49. The number of hydrogen-bond donors (Lipinski definition) is 0. The number of benzene rings is 2. The van der Waals surface area contributed by atoms with Crippen molar-refractivity contribution < 1.29 is 4.74 Å². The van der Waals surface area contributed by atoms with Gasteiger partial charge in [0, 0.05) is 12.4 Å². The number of aromatic nitrogens is 2. The zero-order chi connectivity index (χ0) is 14.1. The molecule has 2 aromatic carbocycles. The molecule has 3 rings (SSSR count). The monoisotopic (exact) mass is 330 g/mol. The van der Waals surface area contributed by atoms with Crippen LogP contribution in [0.3, 0.4) is 0 Å². The zero-order valence-electron chi connectivity index (χ0n) is 11.4. The van der Waals surface area contributed by atoms with Crippen molar-refractivity contribution in [1.29, 1.82) is 0 Å². The molecule has 0 amide bonds. The fraction of sp³-hybridized carbons (Fsp3) is 0.188. The van der Waals surface area contributed by atoms with Gasteiger partial charge in [-0.1, -0.05) is 36.4 Å². The van der Waals surface area contributed by atoms with Gasteiger partial charge in [0.2, 0.25) is 0 Å². The van der Waals surface area contributed by atoms with Crippen LogP contribution in [0.4, 0.5) is 0 Å². The van der Waals surface area contributed by atoms with Gasteiger partial charge in [-0.05, 0) is 34.3 Å². The van der Waals surface area contributed by atoms with E-state index in [4.69, 9.17) is 4.74 Å². The van der Waals surface area contributed by atoms with Crippen LogP contribution in [0, 0.1) is 6.92 Å². The van der Waals surface area contributed by atoms with E-state index in [0.29, 0.717) is 6.61 Å². The molecule has 0 bridgehead atoms. The van der Waals surface area contributed by atoms with Gasteiger partial charge in [0.1, 0.15) is 12.4 Å². The fourth-order valence-corrected chi connectivity index (χ4v) is 2.75. The SMILES string of the molecule is Cc1nn(C)c(COc2cccc3ccccc23)c1Br. The number of ether oxygens (including phenoxy) is 1. The lowest BCUT2D eigenvalue weighted by atomic mass is 10.1. The van der Waals surface area contributed by atoms with E-state index in [9.17, 15) is 0 Å². The third-order valence-electron chi connectivity index (χ3n) is 3.38. The zero-order valence-corrected chi connectivity index (χ0v) is 13.0. The topological polar surface area (TPSA) is 27.1 Å². The standard InChI is InChI=1S/C16H15BrN2O/c1-11-16(17)14(19(2)18-11)10-20-15-9-5-7-12-6-3-4-8-13(12)15/h3-9H,10H2,1-2H3. The van der Waals surface area contributed by atoms with E-state index in [-0.39, 0.29) is 0 Å². The van der Waals surface area contributed by atoms with Crippen molar-refractivity contribution in [1.82, 2.24) is 9.78 Å². The second-order valence-corrected chi connectivity index (χ2v) is 5.53. The fourth-order valence-electron chi connectivity index (χ4n) is 2.30. The largest absolute Gasteiger partial charge is 0.487 e. The molecule has 1 aromatic heterocycles. The molecule has 102 valence electrons. The lowest BCUT2D eigenvalue weighted by molar-refractivity contribution is 0.297. The number of nitrogens with zero attached hydrogens (tertiary/aromatic N) is 2. The van der Waals surface area contributed by atoms with E-state index >= 15 is 0 Å². The maximum atomic E-state index is 5.99. The molecule has 0 unspecified atom stereocenters. The highest BCUT2D eigenvalue weighted by Crippen LogP contribution is 2.27. The maximum Gasteiger partial charge on any atom is 0.131 e. The van der Waals surface area contributed by atoms with Gasteiger partial charge in [0.15, 0.2) is 0 Å². The summed E-state index contributed by atoms with van der Waals surface area (Å²) in [6.07, 6.45) is 0. The lowest BCUT2D eigenvalue weighted by Gasteiger charge is -2.10. The van der Waals surface area contributed by atoms with Crippen LogP contribution in [0.1, 0.15) is 11.4 Å². The predicted molar refractivity (Wildman–Crippen MR) is 83.9 cm³/mol. The molecule has 0 radical (unpaired) electrons. The van der Waals surface area contributed by atoms with Crippen LogP contribution in [0.25, 0.3) is 10.8 Å². The van der Waals surface area contributed by atoms with Gasteiger partial charge in [0.25, 0.3) is 0 Å². The van der Waals surface area contributed by atoms with Crippen LogP contribution in [0.15, 0.2) is 46.9 Å². The number of fused-ring (bicyclic) bond motifs is 1. The minimum absolute atomic E-state index is 0.492. The first-order chi connectivity index (χ1) is 9.66. The quantitative estimate of drug-likeness (QED) is 0.718. The molecule has 0 aliphatic heterocycles. The average molecular weight is 331 g/mol. The number of aryl methyl sites for hydroxylation is 2. The first-order valence-electron chi connectivity index (χ1n) is 6.45. The Bertz CT molecular complexity index is 759. The lowest BCUT2D eigenvalue weighted by Crippen LogP contribution is -2.03. The minimum Gasteiger partial charge on any atom is -0.487 e. The van der Waals surface area contributed by atoms with Crippen LogP contribution >= 0.6 is 15.9 Å². The summed E-state index contributed by atoms with van der Waals surface area (Å²) in [5, 5.41) is 6.69. The highest BCUT2D eigenvalue weighted by atomic mass is 79.9. The molecular weight excluding hydrogens is 316 g/mol. The number of hydrogen-bond acceptors (Lipinski definition) is 2. The van der Waals surface area contributed by atoms with Crippen molar-refractivity contribution in [3.8, 4) is 5.75 Å². The molecule has 20 heavy (non-hydrogen) atoms. The van der Waals surface area contributed by atoms with E-state index < -0.39 is 0 Å². The Morgan fingerprint density at radius 1 is 1.15 bits per heavy atom. The van der Waals surface area contributed by atoms with Gasteiger partial charge in [-0.25, -0.2) is 0 Å². The Morgan fingerprint density at radius 2 is 1.90 bits per heavy atom. The molecule has 3 nitrogen and oxygen atoms in total. The summed E-state index contributed by atoms with van der Waals surface area (Å²) < 4.78 is 8.86. The summed E-state index contributed by atoms with van der Waals surface area (Å²) in [6.45, 7) is 2.47. The van der Waals surface area contributed by atoms with Gasteiger partial charge in [-0.3, -0.25) is 4.68 Å². The molecule has 0 saturated carbocycles. The molecule has 0 fully saturated rings. The molecule has 1 heterocycles. The van der Waals surface area contributed by atoms with E-state index in [0.717, 1.165) is 27.0 Å². The van der Waals surface area contributed by atoms with Crippen molar-refractivity contribution in [2.24, 2.45) is 7.05 Å². The van der Waals surface area contributed by atoms with Gasteiger partial charge in [-0.2, -0.15) is 5.10 Å². The van der Waals surface area contributed by atoms with Crippen molar-refractivity contribution >= 4 is 26.7 Å². The summed E-state index contributed by atoms with van der Waals surface area (Å²) in [5.74, 6) is 0.897. The second-order valence-electron chi connectivity index (χ2n) is 4.74. The summed E-state index contributed by atoms with van der Waals surface area (Å²) in [6, 6.07) is 14.3. The highest BCUT2D eigenvalue weighted by Gasteiger charge is 2.11.